The standard InChI is InChI=1S/C6H8OS2.Na.H/c1-3-5(2)4-7-6(8)9;;/h3-4H,1H2,2H3,(H,8,9);;. The van der Waals surface area contributed by atoms with E-state index >= 15 is 0 Å². The van der Waals surface area contributed by atoms with Gasteiger partial charge in [0.1, 0.15) is 0 Å². The van der Waals surface area contributed by atoms with Gasteiger partial charge in [-0.05, 0) is 24.7 Å². The van der Waals surface area contributed by atoms with E-state index in [9.17, 15) is 0 Å². The maximum atomic E-state index is 4.76. The summed E-state index contributed by atoms with van der Waals surface area (Å²) in [5.74, 6) is 0. The van der Waals surface area contributed by atoms with Gasteiger partial charge in [-0.3, -0.25) is 0 Å². The van der Waals surface area contributed by atoms with Crippen LogP contribution in [0, 0.1) is 0 Å². The third-order valence-corrected chi connectivity index (χ3v) is 0.869. The van der Waals surface area contributed by atoms with Crippen LogP contribution in [-0.2, 0) is 4.74 Å². The summed E-state index contributed by atoms with van der Waals surface area (Å²) in [5, 5.41) is 0. The van der Waals surface area contributed by atoms with E-state index in [0.29, 0.717) is 0 Å². The number of ether oxygens (including phenoxy) is 1. The van der Waals surface area contributed by atoms with E-state index in [4.69, 9.17) is 4.74 Å². The second-order valence-electron chi connectivity index (χ2n) is 1.45. The predicted molar refractivity (Wildman–Crippen MR) is 53.8 cm³/mol. The quantitative estimate of drug-likeness (QED) is 0.230. The Morgan fingerprint density at radius 3 is 2.50 bits per heavy atom. The van der Waals surface area contributed by atoms with Crippen LogP contribution in [0.2, 0.25) is 0 Å². The Morgan fingerprint density at radius 2 is 2.20 bits per heavy atom. The number of rotatable bonds is 2. The SMILES string of the molecule is C=CC(C)=COC(=S)S.[NaH]. The minimum atomic E-state index is 0. The fourth-order valence-electron chi connectivity index (χ4n) is 0.191. The van der Waals surface area contributed by atoms with E-state index in [1.807, 2.05) is 6.92 Å². The molecular formula is C6H9NaOS2. The van der Waals surface area contributed by atoms with Gasteiger partial charge in [-0.15, -0.1) is 0 Å². The van der Waals surface area contributed by atoms with Gasteiger partial charge in [0.2, 0.25) is 4.38 Å². The van der Waals surface area contributed by atoms with Crippen molar-refractivity contribution in [2.75, 3.05) is 0 Å². The van der Waals surface area contributed by atoms with Gasteiger partial charge >= 0.3 is 29.6 Å². The van der Waals surface area contributed by atoms with E-state index in [2.05, 4.69) is 31.4 Å². The molecule has 52 valence electrons. The molecule has 10 heavy (non-hydrogen) atoms. The molecule has 4 heteroatoms. The van der Waals surface area contributed by atoms with Crippen LogP contribution in [-0.4, -0.2) is 33.9 Å². The molecule has 0 aromatic heterocycles. The van der Waals surface area contributed by atoms with Gasteiger partial charge in [0.15, 0.2) is 0 Å². The fraction of sp³-hybridized carbons (Fsp3) is 0.167. The summed E-state index contributed by atoms with van der Waals surface area (Å²) in [5.41, 5.74) is 0.923. The molecule has 0 saturated carbocycles. The molecule has 0 saturated heterocycles. The molecule has 0 fully saturated rings. The van der Waals surface area contributed by atoms with E-state index in [1.165, 1.54) is 6.26 Å². The van der Waals surface area contributed by atoms with Gasteiger partial charge < -0.3 is 4.74 Å². The summed E-state index contributed by atoms with van der Waals surface area (Å²) in [4.78, 5) is 0. The molecule has 0 spiro atoms. The van der Waals surface area contributed by atoms with E-state index in [-0.39, 0.29) is 33.9 Å². The molecule has 0 amide bonds. The Labute approximate surface area is 94.2 Å². The molecule has 0 aliphatic carbocycles. The van der Waals surface area contributed by atoms with Crippen molar-refractivity contribution in [1.29, 1.82) is 0 Å². The normalized spacial score (nSPS) is 9.60. The van der Waals surface area contributed by atoms with Crippen molar-refractivity contribution in [3.05, 3.63) is 24.5 Å². The second-order valence-corrected chi connectivity index (χ2v) is 2.53. The van der Waals surface area contributed by atoms with Crippen LogP contribution in [0.25, 0.3) is 0 Å². The zero-order chi connectivity index (χ0) is 7.28. The van der Waals surface area contributed by atoms with Crippen LogP contribution in [0.15, 0.2) is 24.5 Å². The van der Waals surface area contributed by atoms with Crippen LogP contribution >= 0.6 is 24.8 Å². The first kappa shape index (κ1) is 13.3. The molecule has 0 aliphatic rings. The van der Waals surface area contributed by atoms with Crippen LogP contribution in [0.3, 0.4) is 0 Å². The van der Waals surface area contributed by atoms with Crippen molar-refractivity contribution < 1.29 is 4.74 Å². The van der Waals surface area contributed by atoms with Crippen LogP contribution < -0.4 is 0 Å². The summed E-state index contributed by atoms with van der Waals surface area (Å²) < 4.78 is 4.98. The summed E-state index contributed by atoms with van der Waals surface area (Å²) in [6.45, 7) is 5.38. The molecular weight excluding hydrogens is 175 g/mol. The van der Waals surface area contributed by atoms with Crippen molar-refractivity contribution in [3.63, 3.8) is 0 Å². The Balaban J connectivity index is 0. The van der Waals surface area contributed by atoms with Crippen molar-refractivity contribution in [2.24, 2.45) is 0 Å². The molecule has 0 rings (SSSR count). The molecule has 0 aromatic rings. The first-order chi connectivity index (χ1) is 4.16. The minimum absolute atomic E-state index is 0. The first-order valence-electron chi connectivity index (χ1n) is 2.35. The first-order valence-corrected chi connectivity index (χ1v) is 3.21. The molecule has 0 unspecified atom stereocenters. The van der Waals surface area contributed by atoms with Gasteiger partial charge in [-0.25, -0.2) is 0 Å². The van der Waals surface area contributed by atoms with Crippen molar-refractivity contribution in [1.82, 2.24) is 0 Å². The zero-order valence-electron chi connectivity index (χ0n) is 5.13. The number of hydrogen-bond donors (Lipinski definition) is 1. The topological polar surface area (TPSA) is 9.23 Å². The van der Waals surface area contributed by atoms with Gasteiger partial charge in [-0.1, -0.05) is 25.3 Å². The Bertz CT molecular complexity index is 154. The third kappa shape index (κ3) is 8.72. The summed E-state index contributed by atoms with van der Waals surface area (Å²) in [6.07, 6.45) is 3.17. The third-order valence-electron chi connectivity index (χ3n) is 0.668. The molecule has 1 nitrogen and oxygen atoms in total. The average Bonchev–Trinajstić information content (AvgIpc) is 1.83. The molecule has 0 atom stereocenters. The summed E-state index contributed by atoms with van der Waals surface area (Å²) in [7, 11) is 0. The van der Waals surface area contributed by atoms with Crippen LogP contribution in [0.5, 0.6) is 0 Å². The molecule has 0 bridgehead atoms. The molecule has 0 aromatic carbocycles. The Hall–Kier alpha value is 0.720. The summed E-state index contributed by atoms with van der Waals surface area (Å²) >= 11 is 8.27. The number of hydrogen-bond acceptors (Lipinski definition) is 2. The summed E-state index contributed by atoms with van der Waals surface area (Å²) in [6, 6.07) is 0. The van der Waals surface area contributed by atoms with Gasteiger partial charge in [0, 0.05) is 0 Å². The van der Waals surface area contributed by atoms with Crippen molar-refractivity contribution >= 4 is 58.8 Å². The Morgan fingerprint density at radius 1 is 1.70 bits per heavy atom. The molecule has 0 heterocycles. The van der Waals surface area contributed by atoms with E-state index in [1.54, 1.807) is 6.08 Å². The molecule has 0 radical (unpaired) electrons. The predicted octanol–water partition coefficient (Wildman–Crippen LogP) is 1.66. The monoisotopic (exact) mass is 184 g/mol. The fourth-order valence-corrected chi connectivity index (χ4v) is 0.292. The number of thiol groups is 1. The Kier molecular flexibility index (Phi) is 10.4. The number of allylic oxidation sites excluding steroid dienone is 2. The van der Waals surface area contributed by atoms with Gasteiger partial charge in [0.05, 0.1) is 6.26 Å². The van der Waals surface area contributed by atoms with Gasteiger partial charge in [0.25, 0.3) is 0 Å². The molecule has 0 N–H and O–H groups in total. The maximum absolute atomic E-state index is 4.76. The van der Waals surface area contributed by atoms with Gasteiger partial charge in [-0.2, -0.15) is 0 Å². The molecule has 0 aliphatic heterocycles. The van der Waals surface area contributed by atoms with E-state index in [0.717, 1.165) is 5.57 Å². The van der Waals surface area contributed by atoms with Crippen LogP contribution in [0.1, 0.15) is 6.92 Å². The van der Waals surface area contributed by atoms with Crippen molar-refractivity contribution in [2.45, 2.75) is 6.92 Å². The van der Waals surface area contributed by atoms with Crippen molar-refractivity contribution in [3.8, 4) is 0 Å². The average molecular weight is 184 g/mol. The number of thiocarbonyl (C=S) groups is 1. The van der Waals surface area contributed by atoms with Crippen LogP contribution in [0.4, 0.5) is 0 Å². The zero-order valence-corrected chi connectivity index (χ0v) is 6.84. The van der Waals surface area contributed by atoms with E-state index < -0.39 is 0 Å². The second kappa shape index (κ2) is 7.82.